The Morgan fingerprint density at radius 1 is 1.07 bits per heavy atom. The van der Waals surface area contributed by atoms with E-state index < -0.39 is 10.0 Å². The van der Waals surface area contributed by atoms with Crippen LogP contribution in [0.25, 0.3) is 16.6 Å². The third-order valence-corrected chi connectivity index (χ3v) is 9.91. The summed E-state index contributed by atoms with van der Waals surface area (Å²) < 4.78 is 35.7. The first-order valence-corrected chi connectivity index (χ1v) is 15.5. The molecule has 0 radical (unpaired) electrons. The van der Waals surface area contributed by atoms with Gasteiger partial charge >= 0.3 is 5.56 Å². The molecule has 2 fully saturated rings. The Bertz CT molecular complexity index is 1780. The van der Waals surface area contributed by atoms with Gasteiger partial charge in [0.2, 0.25) is 15.8 Å². The second kappa shape index (κ2) is 10.6. The molecule has 1 aliphatic heterocycles. The summed E-state index contributed by atoms with van der Waals surface area (Å²) in [4.78, 5) is 19.9. The lowest BCUT2D eigenvalue weighted by atomic mass is 10.1. The van der Waals surface area contributed by atoms with Crippen LogP contribution in [-0.2, 0) is 15.8 Å². The molecule has 2 N–H and O–H groups in total. The van der Waals surface area contributed by atoms with Crippen molar-refractivity contribution in [3.63, 3.8) is 0 Å². The molecule has 1 saturated heterocycles. The van der Waals surface area contributed by atoms with Crippen molar-refractivity contribution in [3.05, 3.63) is 81.9 Å². The molecule has 0 atom stereocenters. The number of pyridine rings is 1. The molecular weight excluding hydrogens is 564 g/mol. The summed E-state index contributed by atoms with van der Waals surface area (Å²) in [6, 6.07) is 14.2. The Balaban J connectivity index is 1.22. The number of nitrogens with two attached hydrogens (primary N) is 1. The van der Waals surface area contributed by atoms with Gasteiger partial charge in [-0.3, -0.25) is 9.78 Å². The number of hydrogen-bond donors (Lipinski definition) is 1. The molecule has 4 aromatic rings. The predicted molar refractivity (Wildman–Crippen MR) is 160 cm³/mol. The van der Waals surface area contributed by atoms with Crippen LogP contribution in [-0.4, -0.2) is 60.3 Å². The van der Waals surface area contributed by atoms with E-state index in [9.17, 15) is 13.2 Å². The van der Waals surface area contributed by atoms with Gasteiger partial charge in [-0.1, -0.05) is 42.8 Å². The van der Waals surface area contributed by atoms with Gasteiger partial charge in [-0.2, -0.15) is 14.1 Å². The summed E-state index contributed by atoms with van der Waals surface area (Å²) in [5, 5.41) is 5.77. The van der Waals surface area contributed by atoms with Crippen molar-refractivity contribution in [1.82, 2.24) is 19.1 Å². The number of ether oxygens (including phenoxy) is 1. The number of nitrogens with zero attached hydrogens (tertiary/aromatic N) is 5. The van der Waals surface area contributed by atoms with Crippen molar-refractivity contribution in [2.24, 2.45) is 5.41 Å². The van der Waals surface area contributed by atoms with E-state index in [1.54, 1.807) is 42.7 Å². The largest absolute Gasteiger partial charge is 0.486 e. The van der Waals surface area contributed by atoms with Crippen LogP contribution >= 0.6 is 11.6 Å². The van der Waals surface area contributed by atoms with E-state index in [0.29, 0.717) is 52.9 Å². The molecule has 0 spiro atoms. The van der Waals surface area contributed by atoms with E-state index in [1.165, 1.54) is 8.99 Å². The van der Waals surface area contributed by atoms with Gasteiger partial charge in [0.15, 0.2) is 0 Å². The van der Waals surface area contributed by atoms with Gasteiger partial charge in [-0.05, 0) is 42.7 Å². The summed E-state index contributed by atoms with van der Waals surface area (Å²) in [6.45, 7) is 3.82. The van der Waals surface area contributed by atoms with E-state index in [4.69, 9.17) is 22.1 Å². The van der Waals surface area contributed by atoms with Crippen LogP contribution in [0, 0.1) is 5.41 Å². The van der Waals surface area contributed by atoms with Gasteiger partial charge in [0.25, 0.3) is 0 Å². The molecule has 3 heterocycles. The van der Waals surface area contributed by atoms with Crippen molar-refractivity contribution >= 4 is 43.9 Å². The van der Waals surface area contributed by atoms with Crippen LogP contribution < -0.4 is 20.9 Å². The van der Waals surface area contributed by atoms with Crippen LogP contribution in [0.15, 0.2) is 65.7 Å². The maximum absolute atomic E-state index is 13.6. The molecule has 214 valence electrons. The fourth-order valence-corrected chi connectivity index (χ4v) is 6.75. The number of hydrogen-bond acceptors (Lipinski definition) is 8. The molecule has 0 unspecified atom stereocenters. The number of piperazine rings is 1. The zero-order chi connectivity index (χ0) is 28.8. The Labute approximate surface area is 243 Å². The van der Waals surface area contributed by atoms with E-state index in [2.05, 4.69) is 17.0 Å². The highest BCUT2D eigenvalue weighted by Gasteiger charge is 2.39. The minimum atomic E-state index is -3.65. The molecule has 0 amide bonds. The SMILES string of the molecule is CC1(COc2c(N3CCN(S(=O)(=O)Cc4ccc5cccnc5c4N)CC3)cnn(-c3cccc(Cl)c3)c2=O)CC1. The molecule has 0 bridgehead atoms. The standard InChI is InChI=1S/C29H31ClN6O4S/c1-29(9-10-29)19-40-27-24(17-33-36(28(27)37)23-6-2-5-22(30)16-23)34-12-14-35(15-13-34)41(38,39)18-21-8-7-20-4-3-11-32-26(20)25(21)31/h2-8,11,16-17H,9-10,12-15,18-19,31H2,1H3. The van der Waals surface area contributed by atoms with Crippen LogP contribution in [0.4, 0.5) is 11.4 Å². The van der Waals surface area contributed by atoms with Gasteiger partial charge in [0, 0.05) is 48.2 Å². The van der Waals surface area contributed by atoms with Crippen molar-refractivity contribution in [3.8, 4) is 11.4 Å². The highest BCUT2D eigenvalue weighted by molar-refractivity contribution is 7.88. The zero-order valence-corrected chi connectivity index (χ0v) is 24.2. The monoisotopic (exact) mass is 594 g/mol. The fraction of sp³-hybridized carbons (Fsp3) is 0.345. The number of anilines is 2. The quantitative estimate of drug-likeness (QED) is 0.305. The molecule has 12 heteroatoms. The third kappa shape index (κ3) is 5.61. The second-order valence-corrected chi connectivity index (χ2v) is 13.4. The predicted octanol–water partition coefficient (Wildman–Crippen LogP) is 3.85. The average molecular weight is 595 g/mol. The second-order valence-electron chi connectivity index (χ2n) is 11.0. The topological polar surface area (TPSA) is 124 Å². The summed E-state index contributed by atoms with van der Waals surface area (Å²) in [5.41, 5.74) is 8.56. The summed E-state index contributed by atoms with van der Waals surface area (Å²) >= 11 is 6.16. The van der Waals surface area contributed by atoms with E-state index in [1.807, 2.05) is 23.1 Å². The molecule has 1 aliphatic carbocycles. The van der Waals surface area contributed by atoms with Gasteiger partial charge in [0.05, 0.1) is 35.4 Å². The highest BCUT2D eigenvalue weighted by atomic mass is 35.5. The number of halogens is 1. The Morgan fingerprint density at radius 3 is 2.59 bits per heavy atom. The number of fused-ring (bicyclic) bond motifs is 1. The van der Waals surface area contributed by atoms with Crippen LogP contribution in [0.5, 0.6) is 5.75 Å². The number of rotatable bonds is 8. The van der Waals surface area contributed by atoms with Crippen molar-refractivity contribution in [2.45, 2.75) is 25.5 Å². The number of nitrogen functional groups attached to an aromatic ring is 1. The maximum atomic E-state index is 13.6. The number of benzene rings is 2. The first-order valence-electron chi connectivity index (χ1n) is 13.5. The summed E-state index contributed by atoms with van der Waals surface area (Å²) in [7, 11) is -3.65. The normalized spacial score (nSPS) is 17.1. The Hall–Kier alpha value is -3.67. The summed E-state index contributed by atoms with van der Waals surface area (Å²) in [6.07, 6.45) is 5.34. The fourth-order valence-electron chi connectivity index (χ4n) is 5.02. The van der Waals surface area contributed by atoms with Crippen LogP contribution in [0.1, 0.15) is 25.3 Å². The van der Waals surface area contributed by atoms with E-state index in [-0.39, 0.29) is 35.6 Å². The maximum Gasteiger partial charge on any atom is 0.316 e. The number of aromatic nitrogens is 3. The molecule has 6 rings (SSSR count). The highest BCUT2D eigenvalue weighted by Crippen LogP contribution is 2.45. The van der Waals surface area contributed by atoms with E-state index in [0.717, 1.165) is 18.2 Å². The van der Waals surface area contributed by atoms with Gasteiger partial charge in [0.1, 0.15) is 5.69 Å². The van der Waals surface area contributed by atoms with Gasteiger partial charge in [-0.25, -0.2) is 8.42 Å². The Kier molecular flexibility index (Phi) is 7.13. The summed E-state index contributed by atoms with van der Waals surface area (Å²) in [5.74, 6) is -0.00365. The lowest BCUT2D eigenvalue weighted by molar-refractivity contribution is 0.242. The lowest BCUT2D eigenvalue weighted by Gasteiger charge is -2.36. The minimum Gasteiger partial charge on any atom is -0.486 e. The van der Waals surface area contributed by atoms with Crippen molar-refractivity contribution in [1.29, 1.82) is 0 Å². The van der Waals surface area contributed by atoms with Crippen molar-refractivity contribution < 1.29 is 13.2 Å². The van der Waals surface area contributed by atoms with Gasteiger partial charge in [-0.15, -0.1) is 0 Å². The average Bonchev–Trinajstić information content (AvgIpc) is 3.71. The third-order valence-electron chi connectivity index (χ3n) is 7.85. The van der Waals surface area contributed by atoms with Crippen LogP contribution in [0.3, 0.4) is 0 Å². The zero-order valence-electron chi connectivity index (χ0n) is 22.7. The molecule has 41 heavy (non-hydrogen) atoms. The molecular formula is C29H31ClN6O4S. The molecule has 2 aromatic heterocycles. The lowest BCUT2D eigenvalue weighted by Crippen LogP contribution is -2.49. The molecule has 2 aliphatic rings. The first-order chi connectivity index (χ1) is 19.6. The Morgan fingerprint density at radius 2 is 1.85 bits per heavy atom. The molecule has 1 saturated carbocycles. The van der Waals surface area contributed by atoms with Gasteiger partial charge < -0.3 is 15.4 Å². The van der Waals surface area contributed by atoms with E-state index >= 15 is 0 Å². The smallest absolute Gasteiger partial charge is 0.316 e. The first kappa shape index (κ1) is 27.5. The number of sulfonamides is 1. The molecule has 2 aromatic carbocycles. The van der Waals surface area contributed by atoms with Crippen LogP contribution in [0.2, 0.25) is 5.02 Å². The molecule has 10 nitrogen and oxygen atoms in total. The van der Waals surface area contributed by atoms with Crippen molar-refractivity contribution in [2.75, 3.05) is 43.4 Å². The minimum absolute atomic E-state index is 0.0563.